The van der Waals surface area contributed by atoms with Gasteiger partial charge < -0.3 is 10.4 Å². The van der Waals surface area contributed by atoms with E-state index in [1.807, 2.05) is 0 Å². The molecule has 0 aliphatic heterocycles. The third-order valence-corrected chi connectivity index (χ3v) is 4.82. The fourth-order valence-electron chi connectivity index (χ4n) is 2.61. The van der Waals surface area contributed by atoms with Gasteiger partial charge in [0.05, 0.1) is 6.10 Å². The molecule has 2 rings (SSSR count). The van der Waals surface area contributed by atoms with Gasteiger partial charge in [0.25, 0.3) is 0 Å². The lowest BCUT2D eigenvalue weighted by atomic mass is 9.87. The molecule has 5 heteroatoms. The zero-order chi connectivity index (χ0) is 15.1. The first kappa shape index (κ1) is 16.3. The van der Waals surface area contributed by atoms with E-state index in [4.69, 9.17) is 0 Å². The summed E-state index contributed by atoms with van der Waals surface area (Å²) in [5.74, 6) is 0.718. The lowest BCUT2D eigenvalue weighted by Gasteiger charge is -2.25. The molecule has 0 saturated heterocycles. The lowest BCUT2D eigenvalue weighted by molar-refractivity contribution is -0.121. The summed E-state index contributed by atoms with van der Waals surface area (Å²) in [6.45, 7) is 0.639. The number of nitrogens with one attached hydrogen (secondary N) is 1. The second-order valence-corrected chi connectivity index (χ2v) is 6.66. The number of carbonyl (C=O) groups excluding carboxylic acids is 1. The van der Waals surface area contributed by atoms with Crippen LogP contribution in [0.2, 0.25) is 0 Å². The van der Waals surface area contributed by atoms with Crippen molar-refractivity contribution in [1.29, 1.82) is 0 Å². The van der Waals surface area contributed by atoms with Crippen LogP contribution in [0, 0.1) is 11.7 Å². The van der Waals surface area contributed by atoms with Crippen molar-refractivity contribution in [3.8, 4) is 0 Å². The Labute approximate surface area is 129 Å². The SMILES string of the molecule is O=C(CCSc1ccccc1F)NCC1CCCC(O)C1. The Morgan fingerprint density at radius 3 is 2.95 bits per heavy atom. The third-order valence-electron chi connectivity index (χ3n) is 3.77. The number of amides is 1. The van der Waals surface area contributed by atoms with Crippen molar-refractivity contribution in [1.82, 2.24) is 5.32 Å². The Balaban J connectivity index is 1.62. The van der Waals surface area contributed by atoms with Gasteiger partial charge in [-0.25, -0.2) is 4.39 Å². The van der Waals surface area contributed by atoms with Gasteiger partial charge in [-0.15, -0.1) is 11.8 Å². The lowest BCUT2D eigenvalue weighted by Crippen LogP contribution is -2.33. The molecule has 0 aromatic heterocycles. The third kappa shape index (κ3) is 5.67. The van der Waals surface area contributed by atoms with Crippen LogP contribution >= 0.6 is 11.8 Å². The molecule has 0 radical (unpaired) electrons. The maximum Gasteiger partial charge on any atom is 0.220 e. The molecular formula is C16H22FNO2S. The topological polar surface area (TPSA) is 49.3 Å². The Hall–Kier alpha value is -1.07. The molecule has 1 amide bonds. The first-order valence-electron chi connectivity index (χ1n) is 7.47. The van der Waals surface area contributed by atoms with E-state index in [9.17, 15) is 14.3 Å². The van der Waals surface area contributed by atoms with Crippen molar-refractivity contribution in [2.45, 2.75) is 43.1 Å². The summed E-state index contributed by atoms with van der Waals surface area (Å²) < 4.78 is 13.4. The molecule has 2 N–H and O–H groups in total. The van der Waals surface area contributed by atoms with E-state index in [0.717, 1.165) is 25.7 Å². The second-order valence-electron chi connectivity index (χ2n) is 5.52. The van der Waals surface area contributed by atoms with Gasteiger partial charge in [0, 0.05) is 23.6 Å². The largest absolute Gasteiger partial charge is 0.393 e. The number of benzene rings is 1. The van der Waals surface area contributed by atoms with Gasteiger partial charge in [-0.05, 0) is 37.3 Å². The molecule has 1 aromatic carbocycles. The van der Waals surface area contributed by atoms with E-state index in [0.29, 0.717) is 29.5 Å². The minimum atomic E-state index is -0.237. The molecule has 0 bridgehead atoms. The van der Waals surface area contributed by atoms with Crippen LogP contribution in [0.25, 0.3) is 0 Å². The Kier molecular flexibility index (Phi) is 6.51. The minimum absolute atomic E-state index is 0.00102. The van der Waals surface area contributed by atoms with Gasteiger partial charge in [-0.1, -0.05) is 18.6 Å². The fraction of sp³-hybridized carbons (Fsp3) is 0.562. The first-order chi connectivity index (χ1) is 10.1. The number of hydrogen-bond donors (Lipinski definition) is 2. The summed E-state index contributed by atoms with van der Waals surface area (Å²) in [4.78, 5) is 12.3. The van der Waals surface area contributed by atoms with E-state index in [-0.39, 0.29) is 17.8 Å². The Morgan fingerprint density at radius 2 is 2.19 bits per heavy atom. The van der Waals surface area contributed by atoms with Crippen LogP contribution in [0.1, 0.15) is 32.1 Å². The minimum Gasteiger partial charge on any atom is -0.393 e. The maximum absolute atomic E-state index is 13.4. The van der Waals surface area contributed by atoms with Gasteiger partial charge in [0.15, 0.2) is 0 Å². The Bertz CT molecular complexity index is 469. The summed E-state index contributed by atoms with van der Waals surface area (Å²) in [5.41, 5.74) is 0. The number of halogens is 1. The van der Waals surface area contributed by atoms with E-state index in [1.54, 1.807) is 18.2 Å². The highest BCUT2D eigenvalue weighted by Gasteiger charge is 2.20. The van der Waals surface area contributed by atoms with E-state index in [1.165, 1.54) is 17.8 Å². The smallest absolute Gasteiger partial charge is 0.220 e. The van der Waals surface area contributed by atoms with Gasteiger partial charge in [0.2, 0.25) is 5.91 Å². The standard InChI is InChI=1S/C16H22FNO2S/c17-14-6-1-2-7-15(14)21-9-8-16(20)18-11-12-4-3-5-13(19)10-12/h1-2,6-7,12-13,19H,3-5,8-11H2,(H,18,20). The van der Waals surface area contributed by atoms with Crippen molar-refractivity contribution < 1.29 is 14.3 Å². The maximum atomic E-state index is 13.4. The molecular weight excluding hydrogens is 289 g/mol. The van der Waals surface area contributed by atoms with Crippen molar-refractivity contribution in [3.63, 3.8) is 0 Å². The molecule has 1 aliphatic rings. The normalized spacial score (nSPS) is 22.0. The molecule has 21 heavy (non-hydrogen) atoms. The van der Waals surface area contributed by atoms with Crippen molar-refractivity contribution in [2.24, 2.45) is 5.92 Å². The number of carbonyl (C=O) groups is 1. The van der Waals surface area contributed by atoms with Crippen molar-refractivity contribution in [3.05, 3.63) is 30.1 Å². The number of aliphatic hydroxyl groups is 1. The molecule has 0 heterocycles. The highest BCUT2D eigenvalue weighted by molar-refractivity contribution is 7.99. The molecule has 1 aliphatic carbocycles. The van der Waals surface area contributed by atoms with E-state index in [2.05, 4.69) is 5.32 Å². The van der Waals surface area contributed by atoms with E-state index < -0.39 is 0 Å². The number of rotatable bonds is 6. The van der Waals surface area contributed by atoms with Gasteiger partial charge in [0.1, 0.15) is 5.82 Å². The Morgan fingerprint density at radius 1 is 1.38 bits per heavy atom. The van der Waals surface area contributed by atoms with Gasteiger partial charge in [-0.3, -0.25) is 4.79 Å². The average Bonchev–Trinajstić information content (AvgIpc) is 2.47. The number of thioether (sulfide) groups is 1. The van der Waals surface area contributed by atoms with Crippen LogP contribution in [0.15, 0.2) is 29.2 Å². The fourth-order valence-corrected chi connectivity index (χ4v) is 3.50. The highest BCUT2D eigenvalue weighted by Crippen LogP contribution is 2.24. The second kappa shape index (κ2) is 8.39. The predicted octanol–water partition coefficient (Wildman–Crippen LogP) is 2.98. The molecule has 1 saturated carbocycles. The van der Waals surface area contributed by atoms with Gasteiger partial charge in [-0.2, -0.15) is 0 Å². The van der Waals surface area contributed by atoms with Crippen LogP contribution in [-0.2, 0) is 4.79 Å². The van der Waals surface area contributed by atoms with Crippen LogP contribution in [0.3, 0.4) is 0 Å². The van der Waals surface area contributed by atoms with E-state index >= 15 is 0 Å². The predicted molar refractivity (Wildman–Crippen MR) is 82.7 cm³/mol. The molecule has 116 valence electrons. The van der Waals surface area contributed by atoms with Crippen LogP contribution in [0.5, 0.6) is 0 Å². The monoisotopic (exact) mass is 311 g/mol. The quantitative estimate of drug-likeness (QED) is 0.794. The highest BCUT2D eigenvalue weighted by atomic mass is 32.2. The number of hydrogen-bond acceptors (Lipinski definition) is 3. The van der Waals surface area contributed by atoms with Crippen molar-refractivity contribution in [2.75, 3.05) is 12.3 Å². The zero-order valence-electron chi connectivity index (χ0n) is 12.1. The van der Waals surface area contributed by atoms with Crippen LogP contribution in [-0.4, -0.2) is 29.4 Å². The molecule has 3 nitrogen and oxygen atoms in total. The van der Waals surface area contributed by atoms with Crippen LogP contribution < -0.4 is 5.32 Å². The summed E-state index contributed by atoms with van der Waals surface area (Å²) >= 11 is 1.36. The molecule has 0 spiro atoms. The summed E-state index contributed by atoms with van der Waals surface area (Å²) in [6, 6.07) is 6.60. The molecule has 1 fully saturated rings. The summed E-state index contributed by atoms with van der Waals surface area (Å²) in [7, 11) is 0. The first-order valence-corrected chi connectivity index (χ1v) is 8.46. The summed E-state index contributed by atoms with van der Waals surface area (Å²) in [5, 5.41) is 12.5. The number of aliphatic hydroxyl groups excluding tert-OH is 1. The van der Waals surface area contributed by atoms with Gasteiger partial charge >= 0.3 is 0 Å². The van der Waals surface area contributed by atoms with Crippen molar-refractivity contribution >= 4 is 17.7 Å². The van der Waals surface area contributed by atoms with Crippen LogP contribution in [0.4, 0.5) is 4.39 Å². The summed E-state index contributed by atoms with van der Waals surface area (Å²) in [6.07, 6.45) is 3.94. The molecule has 2 unspecified atom stereocenters. The molecule has 2 atom stereocenters. The zero-order valence-corrected chi connectivity index (χ0v) is 12.9. The average molecular weight is 311 g/mol. The molecule has 1 aromatic rings.